The third-order valence-corrected chi connectivity index (χ3v) is 5.51. The Morgan fingerprint density at radius 3 is 2.41 bits per heavy atom. The van der Waals surface area contributed by atoms with Crippen LogP contribution in [-0.4, -0.2) is 36.7 Å². The molecular formula is C18H15ClN2O7S. The SMILES string of the molecule is O=C(O)CCNS(=O)(=O)c1ccc(C(=O)/C=C/c2cc([N+](=O)[O-])ccc2Cl)cc1. The topological polar surface area (TPSA) is 144 Å². The number of carbonyl (C=O) groups is 2. The molecule has 0 saturated carbocycles. The summed E-state index contributed by atoms with van der Waals surface area (Å²) in [6.07, 6.45) is 2.14. The van der Waals surface area contributed by atoms with E-state index in [-0.39, 0.29) is 39.7 Å². The predicted octanol–water partition coefficient (Wildman–Crippen LogP) is 2.90. The summed E-state index contributed by atoms with van der Waals surface area (Å²) in [5.41, 5.74) is 0.301. The molecule has 0 atom stereocenters. The zero-order valence-corrected chi connectivity index (χ0v) is 16.3. The third kappa shape index (κ3) is 6.21. The minimum atomic E-state index is -3.90. The number of nitro groups is 1. The second-order valence-corrected chi connectivity index (χ2v) is 7.90. The van der Waals surface area contributed by atoms with E-state index < -0.39 is 26.7 Å². The number of aliphatic carboxylic acids is 1. The van der Waals surface area contributed by atoms with Crippen LogP contribution in [0.4, 0.5) is 5.69 Å². The Balaban J connectivity index is 2.13. The molecule has 0 spiro atoms. The lowest BCUT2D eigenvalue weighted by molar-refractivity contribution is -0.384. The van der Waals surface area contributed by atoms with Gasteiger partial charge in [-0.3, -0.25) is 19.7 Å². The Hall–Kier alpha value is -3.08. The third-order valence-electron chi connectivity index (χ3n) is 3.68. The first kappa shape index (κ1) is 22.2. The fourth-order valence-corrected chi connectivity index (χ4v) is 3.42. The largest absolute Gasteiger partial charge is 0.481 e. The lowest BCUT2D eigenvalue weighted by atomic mass is 10.1. The van der Waals surface area contributed by atoms with Gasteiger partial charge in [0.15, 0.2) is 5.78 Å². The molecule has 29 heavy (non-hydrogen) atoms. The minimum absolute atomic E-state index is 0.120. The van der Waals surface area contributed by atoms with E-state index >= 15 is 0 Å². The first-order chi connectivity index (χ1) is 13.6. The van der Waals surface area contributed by atoms with Crippen LogP contribution in [0.15, 0.2) is 53.4 Å². The van der Waals surface area contributed by atoms with Crippen LogP contribution in [0.25, 0.3) is 6.08 Å². The normalized spacial score (nSPS) is 11.5. The van der Waals surface area contributed by atoms with Gasteiger partial charge in [-0.25, -0.2) is 13.1 Å². The minimum Gasteiger partial charge on any atom is -0.481 e. The number of ketones is 1. The molecule has 2 rings (SSSR count). The maximum Gasteiger partial charge on any atom is 0.304 e. The van der Waals surface area contributed by atoms with Crippen LogP contribution in [0, 0.1) is 10.1 Å². The number of carboxylic acids is 1. The molecule has 9 nitrogen and oxygen atoms in total. The lowest BCUT2D eigenvalue weighted by Crippen LogP contribution is -2.26. The maximum atomic E-state index is 12.3. The number of non-ortho nitro benzene ring substituents is 1. The quantitative estimate of drug-likeness (QED) is 0.265. The molecule has 0 saturated heterocycles. The van der Waals surface area contributed by atoms with Crippen LogP contribution >= 0.6 is 11.6 Å². The monoisotopic (exact) mass is 438 g/mol. The summed E-state index contributed by atoms with van der Waals surface area (Å²) in [6.45, 7) is -0.259. The fourth-order valence-electron chi connectivity index (χ4n) is 2.21. The van der Waals surface area contributed by atoms with Crippen molar-refractivity contribution in [3.8, 4) is 0 Å². The average molecular weight is 439 g/mol. The molecule has 2 N–H and O–H groups in total. The van der Waals surface area contributed by atoms with Gasteiger partial charge < -0.3 is 5.11 Å². The van der Waals surface area contributed by atoms with Crippen molar-refractivity contribution < 1.29 is 28.0 Å². The molecule has 0 amide bonds. The lowest BCUT2D eigenvalue weighted by Gasteiger charge is -2.06. The molecule has 2 aromatic carbocycles. The van der Waals surface area contributed by atoms with Gasteiger partial charge in [-0.1, -0.05) is 11.6 Å². The summed E-state index contributed by atoms with van der Waals surface area (Å²) in [5.74, 6) is -1.60. The van der Waals surface area contributed by atoms with E-state index in [1.54, 1.807) is 0 Å². The standard InChI is InChI=1S/C18H15ClN2O7S/c19-16-7-4-14(21(25)26)11-13(16)3-8-17(22)12-1-5-15(6-2-12)29(27,28)20-10-9-18(23)24/h1-8,11,20H,9-10H2,(H,23,24)/b8-3+. The summed E-state index contributed by atoms with van der Waals surface area (Å²) < 4.78 is 26.3. The van der Waals surface area contributed by atoms with Crippen LogP contribution < -0.4 is 4.72 Å². The van der Waals surface area contributed by atoms with Gasteiger partial charge in [0.2, 0.25) is 10.0 Å². The molecular weight excluding hydrogens is 424 g/mol. The Morgan fingerprint density at radius 1 is 1.17 bits per heavy atom. The number of halogens is 1. The van der Waals surface area contributed by atoms with Crippen LogP contribution in [0.2, 0.25) is 5.02 Å². The first-order valence-corrected chi connectivity index (χ1v) is 9.94. The molecule has 0 heterocycles. The van der Waals surface area contributed by atoms with Crippen molar-refractivity contribution in [3.05, 3.63) is 74.8 Å². The summed E-state index contributed by atoms with van der Waals surface area (Å²) in [6, 6.07) is 8.84. The van der Waals surface area contributed by atoms with Crippen LogP contribution in [0.1, 0.15) is 22.3 Å². The molecule has 0 aliphatic carbocycles. The molecule has 0 aromatic heterocycles. The summed E-state index contributed by atoms with van der Waals surface area (Å²) >= 11 is 5.97. The summed E-state index contributed by atoms with van der Waals surface area (Å²) in [5, 5.41) is 19.6. The molecule has 0 unspecified atom stereocenters. The van der Waals surface area contributed by atoms with Gasteiger partial charge in [-0.05, 0) is 48.0 Å². The van der Waals surface area contributed by atoms with Crippen molar-refractivity contribution in [1.29, 1.82) is 0 Å². The number of carbonyl (C=O) groups excluding carboxylic acids is 1. The van der Waals surface area contributed by atoms with E-state index in [2.05, 4.69) is 4.72 Å². The van der Waals surface area contributed by atoms with Crippen molar-refractivity contribution >= 4 is 45.1 Å². The van der Waals surface area contributed by atoms with Crippen molar-refractivity contribution in [2.45, 2.75) is 11.3 Å². The number of nitro benzene ring substituents is 1. The highest BCUT2D eigenvalue weighted by atomic mass is 35.5. The second-order valence-electron chi connectivity index (χ2n) is 5.73. The number of benzene rings is 2. The number of rotatable bonds is 9. The van der Waals surface area contributed by atoms with Gasteiger partial charge in [0, 0.05) is 29.3 Å². The van der Waals surface area contributed by atoms with Crippen LogP contribution in [0.5, 0.6) is 0 Å². The van der Waals surface area contributed by atoms with E-state index in [4.69, 9.17) is 16.7 Å². The number of sulfonamides is 1. The van der Waals surface area contributed by atoms with E-state index in [1.165, 1.54) is 54.6 Å². The maximum absolute atomic E-state index is 12.3. The summed E-state index contributed by atoms with van der Waals surface area (Å²) in [7, 11) is -3.90. The van der Waals surface area contributed by atoms with Gasteiger partial charge in [0.25, 0.3) is 5.69 Å². The zero-order valence-electron chi connectivity index (χ0n) is 14.7. The average Bonchev–Trinajstić information content (AvgIpc) is 2.66. The molecule has 0 fully saturated rings. The van der Waals surface area contributed by atoms with Crippen molar-refractivity contribution in [1.82, 2.24) is 4.72 Å². The zero-order chi connectivity index (χ0) is 21.6. The highest BCUT2D eigenvalue weighted by Crippen LogP contribution is 2.23. The number of hydrogen-bond acceptors (Lipinski definition) is 6. The van der Waals surface area contributed by atoms with E-state index in [0.29, 0.717) is 0 Å². The molecule has 2 aromatic rings. The van der Waals surface area contributed by atoms with Gasteiger partial charge in [0.1, 0.15) is 0 Å². The highest BCUT2D eigenvalue weighted by molar-refractivity contribution is 7.89. The van der Waals surface area contributed by atoms with Crippen molar-refractivity contribution in [2.75, 3.05) is 6.54 Å². The molecule has 0 aliphatic heterocycles. The number of nitrogens with zero attached hydrogens (tertiary/aromatic N) is 1. The van der Waals surface area contributed by atoms with Gasteiger partial charge in [-0.2, -0.15) is 0 Å². The highest BCUT2D eigenvalue weighted by Gasteiger charge is 2.15. The molecule has 0 bridgehead atoms. The fraction of sp³-hybridized carbons (Fsp3) is 0.111. The van der Waals surface area contributed by atoms with E-state index in [9.17, 15) is 28.1 Å². The second kappa shape index (κ2) is 9.41. The van der Waals surface area contributed by atoms with Crippen LogP contribution in [0.3, 0.4) is 0 Å². The van der Waals surface area contributed by atoms with Crippen LogP contribution in [-0.2, 0) is 14.8 Å². The molecule has 0 aliphatic rings. The molecule has 0 radical (unpaired) electrons. The Bertz CT molecular complexity index is 1080. The Kier molecular flexibility index (Phi) is 7.21. The van der Waals surface area contributed by atoms with E-state index in [1.807, 2.05) is 0 Å². The number of allylic oxidation sites excluding steroid dienone is 1. The Labute approximate surface area is 170 Å². The number of carboxylic acid groups (broad SMARTS) is 1. The molecule has 11 heteroatoms. The smallest absolute Gasteiger partial charge is 0.304 e. The van der Waals surface area contributed by atoms with Crippen molar-refractivity contribution in [3.63, 3.8) is 0 Å². The number of hydrogen-bond donors (Lipinski definition) is 2. The van der Waals surface area contributed by atoms with Crippen molar-refractivity contribution in [2.24, 2.45) is 0 Å². The van der Waals surface area contributed by atoms with E-state index in [0.717, 1.165) is 0 Å². The predicted molar refractivity (Wildman–Crippen MR) is 105 cm³/mol. The first-order valence-electron chi connectivity index (χ1n) is 8.08. The number of nitrogens with one attached hydrogen (secondary N) is 1. The molecule has 152 valence electrons. The Morgan fingerprint density at radius 2 is 1.83 bits per heavy atom. The van der Waals surface area contributed by atoms with Gasteiger partial charge >= 0.3 is 5.97 Å². The van der Waals surface area contributed by atoms with Gasteiger partial charge in [-0.15, -0.1) is 0 Å². The van der Waals surface area contributed by atoms with Gasteiger partial charge in [0.05, 0.1) is 16.2 Å². The summed E-state index contributed by atoms with van der Waals surface area (Å²) in [4.78, 5) is 32.8.